The molecule has 1 heterocycles. The molecule has 4 N–H and O–H groups in total. The van der Waals surface area contributed by atoms with Gasteiger partial charge in [-0.15, -0.1) is 11.3 Å². The lowest BCUT2D eigenvalue weighted by atomic mass is 9.91. The van der Waals surface area contributed by atoms with Gasteiger partial charge in [-0.25, -0.2) is 17.8 Å². The van der Waals surface area contributed by atoms with Crippen molar-refractivity contribution in [2.45, 2.75) is 42.7 Å². The average Bonchev–Trinajstić information content (AvgIpc) is 3.04. The van der Waals surface area contributed by atoms with Crippen molar-refractivity contribution in [3.63, 3.8) is 0 Å². The topological polar surface area (TPSA) is 97.1 Å². The maximum absolute atomic E-state index is 14.4. The molecule has 1 aliphatic rings. The van der Waals surface area contributed by atoms with Crippen LogP contribution in [0.2, 0.25) is 5.02 Å². The summed E-state index contributed by atoms with van der Waals surface area (Å²) in [6.45, 7) is 0. The second-order valence-corrected chi connectivity index (χ2v) is 8.86. The van der Waals surface area contributed by atoms with Gasteiger partial charge in [0.05, 0.1) is 10.7 Å². The van der Waals surface area contributed by atoms with Crippen molar-refractivity contribution < 1.29 is 12.8 Å². The first-order chi connectivity index (χ1) is 11.9. The molecule has 0 amide bonds. The molecular formula is C15H18ClFN4O2S2. The zero-order valence-corrected chi connectivity index (χ0v) is 15.6. The quantitative estimate of drug-likeness (QED) is 0.709. The number of rotatable bonds is 5. The van der Waals surface area contributed by atoms with E-state index in [0.29, 0.717) is 5.69 Å². The van der Waals surface area contributed by atoms with Crippen LogP contribution in [0.5, 0.6) is 0 Å². The standard InChI is InChI=1S/C15H18ClFN4O2S2/c16-9-7-14(25(22,23)21-15-19-5-6-24-15)10(17)8-13(9)20-12-4-2-1-3-11(12)18/h5-8,11-12,20H,1-4,18H2,(H,19,21)/t11-,12+/m0/s1. The van der Waals surface area contributed by atoms with Gasteiger partial charge in [0.15, 0.2) is 5.13 Å². The lowest BCUT2D eigenvalue weighted by Gasteiger charge is -2.30. The SMILES string of the molecule is N[C@H]1CCCC[C@H]1Nc1cc(F)c(S(=O)(=O)Nc2nccs2)cc1Cl. The third-order valence-electron chi connectivity index (χ3n) is 4.13. The molecule has 0 radical (unpaired) electrons. The van der Waals surface area contributed by atoms with Crippen LogP contribution in [0.3, 0.4) is 0 Å². The van der Waals surface area contributed by atoms with Crippen LogP contribution in [-0.2, 0) is 10.0 Å². The highest BCUT2D eigenvalue weighted by Crippen LogP contribution is 2.31. The predicted molar refractivity (Wildman–Crippen MR) is 98.2 cm³/mol. The molecule has 1 aromatic carbocycles. The second-order valence-electron chi connectivity index (χ2n) is 5.90. The minimum absolute atomic E-state index is 0.0125. The molecule has 1 fully saturated rings. The average molecular weight is 405 g/mol. The fourth-order valence-corrected chi connectivity index (χ4v) is 4.99. The molecule has 0 aliphatic heterocycles. The Labute approximate surface area is 154 Å². The summed E-state index contributed by atoms with van der Waals surface area (Å²) in [6.07, 6.45) is 5.32. The molecule has 0 bridgehead atoms. The van der Waals surface area contributed by atoms with Crippen LogP contribution < -0.4 is 15.8 Å². The van der Waals surface area contributed by atoms with Gasteiger partial charge in [-0.1, -0.05) is 24.4 Å². The number of aromatic nitrogens is 1. The zero-order valence-electron chi connectivity index (χ0n) is 13.2. The fourth-order valence-electron chi connectivity index (χ4n) is 2.83. The summed E-state index contributed by atoms with van der Waals surface area (Å²) in [5.74, 6) is -0.889. The Balaban J connectivity index is 1.84. The van der Waals surface area contributed by atoms with Gasteiger partial charge in [0.1, 0.15) is 10.7 Å². The Morgan fingerprint density at radius 2 is 2.08 bits per heavy atom. The van der Waals surface area contributed by atoms with Crippen LogP contribution in [0.15, 0.2) is 28.6 Å². The largest absolute Gasteiger partial charge is 0.379 e. The van der Waals surface area contributed by atoms with Crippen molar-refractivity contribution in [2.75, 3.05) is 10.0 Å². The monoisotopic (exact) mass is 404 g/mol. The highest BCUT2D eigenvalue weighted by atomic mass is 35.5. The number of anilines is 2. The summed E-state index contributed by atoms with van der Waals surface area (Å²) in [7, 11) is -4.11. The van der Waals surface area contributed by atoms with E-state index in [9.17, 15) is 12.8 Å². The number of sulfonamides is 1. The van der Waals surface area contributed by atoms with Gasteiger partial charge < -0.3 is 11.1 Å². The van der Waals surface area contributed by atoms with Crippen molar-refractivity contribution in [1.82, 2.24) is 4.98 Å². The molecule has 136 valence electrons. The Morgan fingerprint density at radius 1 is 1.32 bits per heavy atom. The maximum atomic E-state index is 14.4. The lowest BCUT2D eigenvalue weighted by molar-refractivity contribution is 0.404. The van der Waals surface area contributed by atoms with E-state index in [-0.39, 0.29) is 22.2 Å². The molecule has 0 spiro atoms. The Kier molecular flexibility index (Phi) is 5.47. The van der Waals surface area contributed by atoms with E-state index in [1.165, 1.54) is 6.20 Å². The van der Waals surface area contributed by atoms with Crippen molar-refractivity contribution in [1.29, 1.82) is 0 Å². The van der Waals surface area contributed by atoms with Gasteiger partial charge in [0.2, 0.25) is 0 Å². The van der Waals surface area contributed by atoms with Gasteiger partial charge >= 0.3 is 0 Å². The number of hydrogen-bond donors (Lipinski definition) is 3. The molecule has 25 heavy (non-hydrogen) atoms. The van der Waals surface area contributed by atoms with E-state index in [1.54, 1.807) is 5.38 Å². The summed E-state index contributed by atoms with van der Waals surface area (Å²) in [5.41, 5.74) is 6.42. The lowest BCUT2D eigenvalue weighted by Crippen LogP contribution is -2.42. The van der Waals surface area contributed by atoms with Crippen LogP contribution in [-0.4, -0.2) is 25.5 Å². The number of halogens is 2. The third kappa shape index (κ3) is 4.22. The first-order valence-corrected chi connectivity index (χ1v) is 10.5. The first-order valence-electron chi connectivity index (χ1n) is 7.80. The highest BCUT2D eigenvalue weighted by Gasteiger charge is 2.25. The van der Waals surface area contributed by atoms with E-state index >= 15 is 0 Å². The normalized spacial score (nSPS) is 21.1. The Hall–Kier alpha value is -1.42. The smallest absolute Gasteiger partial charge is 0.266 e. The van der Waals surface area contributed by atoms with E-state index in [0.717, 1.165) is 49.2 Å². The molecule has 1 saturated carbocycles. The summed E-state index contributed by atoms with van der Waals surface area (Å²) in [5, 5.41) is 5.04. The number of benzene rings is 1. The zero-order chi connectivity index (χ0) is 18.0. The molecule has 2 aromatic rings. The maximum Gasteiger partial charge on any atom is 0.266 e. The Bertz CT molecular complexity index is 845. The number of nitrogens with two attached hydrogens (primary N) is 1. The number of hydrogen-bond acceptors (Lipinski definition) is 6. The van der Waals surface area contributed by atoms with Crippen molar-refractivity contribution >= 4 is 43.8 Å². The Morgan fingerprint density at radius 3 is 2.76 bits per heavy atom. The van der Waals surface area contributed by atoms with E-state index < -0.39 is 20.7 Å². The summed E-state index contributed by atoms with van der Waals surface area (Å²) < 4.78 is 41.4. The van der Waals surface area contributed by atoms with Gasteiger partial charge in [-0.2, -0.15) is 0 Å². The van der Waals surface area contributed by atoms with Crippen LogP contribution >= 0.6 is 22.9 Å². The molecule has 10 heteroatoms. The minimum atomic E-state index is -4.11. The second kappa shape index (κ2) is 7.45. The molecule has 1 aliphatic carbocycles. The molecule has 6 nitrogen and oxygen atoms in total. The first kappa shape index (κ1) is 18.4. The number of nitrogens with one attached hydrogen (secondary N) is 2. The molecule has 2 atom stereocenters. The number of nitrogens with zero attached hydrogens (tertiary/aromatic N) is 1. The fraction of sp³-hybridized carbons (Fsp3) is 0.400. The molecule has 0 unspecified atom stereocenters. The molecule has 1 aromatic heterocycles. The van der Waals surface area contributed by atoms with Crippen LogP contribution in [0.25, 0.3) is 0 Å². The van der Waals surface area contributed by atoms with Crippen LogP contribution in [0, 0.1) is 5.82 Å². The highest BCUT2D eigenvalue weighted by molar-refractivity contribution is 7.93. The van der Waals surface area contributed by atoms with E-state index in [4.69, 9.17) is 17.3 Å². The molecule has 3 rings (SSSR count). The van der Waals surface area contributed by atoms with Crippen LogP contribution in [0.1, 0.15) is 25.7 Å². The van der Waals surface area contributed by atoms with Crippen molar-refractivity contribution in [3.05, 3.63) is 34.5 Å². The summed E-state index contributed by atoms with van der Waals surface area (Å²) in [4.78, 5) is 3.31. The molecular weight excluding hydrogens is 387 g/mol. The number of thiazole rings is 1. The van der Waals surface area contributed by atoms with Gasteiger partial charge in [0.25, 0.3) is 10.0 Å². The van der Waals surface area contributed by atoms with Crippen LogP contribution in [0.4, 0.5) is 15.2 Å². The van der Waals surface area contributed by atoms with Crippen molar-refractivity contribution in [2.24, 2.45) is 5.73 Å². The predicted octanol–water partition coefficient (Wildman–Crippen LogP) is 3.42. The molecule has 0 saturated heterocycles. The summed E-state index contributed by atoms with van der Waals surface area (Å²) in [6, 6.07) is 2.15. The third-order valence-corrected chi connectivity index (χ3v) is 6.61. The minimum Gasteiger partial charge on any atom is -0.379 e. The van der Waals surface area contributed by atoms with Gasteiger partial charge in [-0.3, -0.25) is 4.72 Å². The van der Waals surface area contributed by atoms with Gasteiger partial charge in [-0.05, 0) is 25.0 Å². The van der Waals surface area contributed by atoms with E-state index in [2.05, 4.69) is 15.0 Å². The van der Waals surface area contributed by atoms with Crippen molar-refractivity contribution in [3.8, 4) is 0 Å². The van der Waals surface area contributed by atoms with Gasteiger partial charge in [0, 0.05) is 23.7 Å². The summed E-state index contributed by atoms with van der Waals surface area (Å²) >= 11 is 7.28. The van der Waals surface area contributed by atoms with E-state index in [1.807, 2.05) is 0 Å².